The summed E-state index contributed by atoms with van der Waals surface area (Å²) in [5.41, 5.74) is 0.307. The second kappa shape index (κ2) is 7.79. The smallest absolute Gasteiger partial charge is 0.342 e. The van der Waals surface area contributed by atoms with Gasteiger partial charge in [0.25, 0.3) is 5.91 Å². The molecule has 1 N–H and O–H groups in total. The summed E-state index contributed by atoms with van der Waals surface area (Å²) in [5.74, 6) is -0.459. The summed E-state index contributed by atoms with van der Waals surface area (Å²) in [7, 11) is 1.49. The van der Waals surface area contributed by atoms with Crippen molar-refractivity contribution in [1.29, 1.82) is 0 Å². The maximum atomic E-state index is 12.1. The Labute approximate surface area is 123 Å². The number of hydrogen-bond donors (Lipinski definition) is 1. The molecule has 1 amide bonds. The fraction of sp³-hybridized carbons (Fsp3) is 0.429. The first kappa shape index (κ1) is 16.4. The number of amides is 1. The molecule has 1 aromatic rings. The van der Waals surface area contributed by atoms with Crippen LogP contribution in [0.3, 0.4) is 0 Å². The summed E-state index contributed by atoms with van der Waals surface area (Å²) >= 11 is 1.55. The lowest BCUT2D eigenvalue weighted by Crippen LogP contribution is -2.35. The Kier molecular flexibility index (Phi) is 6.38. The molecule has 20 heavy (non-hydrogen) atoms. The number of thioether (sulfide) groups is 1. The quantitative estimate of drug-likeness (QED) is 0.643. The molecule has 0 unspecified atom stereocenters. The molecule has 1 rings (SSSR count). The second-order valence-electron chi connectivity index (χ2n) is 4.01. The lowest BCUT2D eigenvalue weighted by molar-refractivity contribution is -0.128. The molecular formula is C14H19NO4S. The van der Waals surface area contributed by atoms with Crippen LogP contribution in [0, 0.1) is 0 Å². The van der Waals surface area contributed by atoms with E-state index in [1.165, 1.54) is 14.0 Å². The second-order valence-corrected chi connectivity index (χ2v) is 4.89. The Morgan fingerprint density at radius 2 is 2.10 bits per heavy atom. The predicted octanol–water partition coefficient (Wildman–Crippen LogP) is 2.10. The van der Waals surface area contributed by atoms with Crippen LogP contribution in [0.25, 0.3) is 0 Å². The van der Waals surface area contributed by atoms with Crippen LogP contribution in [0.5, 0.6) is 5.75 Å². The van der Waals surface area contributed by atoms with Crippen molar-refractivity contribution in [3.05, 3.63) is 23.8 Å². The number of likely N-dealkylation sites (N-methyl/N-ethyl adjacent to an activating group) is 1. The molecule has 0 fully saturated rings. The molecule has 5 nitrogen and oxygen atoms in total. The van der Waals surface area contributed by atoms with Crippen molar-refractivity contribution < 1.29 is 19.1 Å². The Balaban J connectivity index is 2.84. The van der Waals surface area contributed by atoms with E-state index in [2.05, 4.69) is 5.32 Å². The molecule has 0 bridgehead atoms. The largest absolute Gasteiger partial charge is 0.496 e. The summed E-state index contributed by atoms with van der Waals surface area (Å²) in [6.45, 7) is 3.83. The fourth-order valence-corrected chi connectivity index (χ4v) is 1.99. The van der Waals surface area contributed by atoms with Crippen LogP contribution in [-0.2, 0) is 9.53 Å². The number of methoxy groups -OCH3 is 1. The molecule has 1 atom stereocenters. The molecule has 0 aromatic heterocycles. The molecule has 0 aliphatic carbocycles. The van der Waals surface area contributed by atoms with E-state index in [4.69, 9.17) is 9.47 Å². The number of benzene rings is 1. The van der Waals surface area contributed by atoms with Gasteiger partial charge in [0.05, 0.1) is 7.11 Å². The average Bonchev–Trinajstić information content (AvgIpc) is 2.46. The maximum absolute atomic E-state index is 12.1. The molecule has 110 valence electrons. The molecule has 1 aromatic carbocycles. The average molecular weight is 297 g/mol. The SMILES string of the molecule is CCNC(=O)[C@@H](C)OC(=O)c1ccc(SC)cc1OC. The van der Waals surface area contributed by atoms with Crippen LogP contribution in [0.4, 0.5) is 0 Å². The highest BCUT2D eigenvalue weighted by molar-refractivity contribution is 7.98. The first-order valence-corrected chi connectivity index (χ1v) is 7.46. The number of carbonyl (C=O) groups excluding carboxylic acids is 2. The van der Waals surface area contributed by atoms with E-state index in [0.29, 0.717) is 17.9 Å². The van der Waals surface area contributed by atoms with Crippen LogP contribution in [-0.4, -0.2) is 37.9 Å². The van der Waals surface area contributed by atoms with Gasteiger partial charge in [0, 0.05) is 11.4 Å². The first-order valence-electron chi connectivity index (χ1n) is 6.24. The van der Waals surface area contributed by atoms with Crippen molar-refractivity contribution >= 4 is 23.6 Å². The van der Waals surface area contributed by atoms with Gasteiger partial charge in [0.2, 0.25) is 0 Å². The molecule has 0 saturated heterocycles. The predicted molar refractivity (Wildman–Crippen MR) is 78.3 cm³/mol. The van der Waals surface area contributed by atoms with Gasteiger partial charge in [-0.25, -0.2) is 4.79 Å². The normalized spacial score (nSPS) is 11.6. The van der Waals surface area contributed by atoms with Gasteiger partial charge < -0.3 is 14.8 Å². The standard InChI is InChI=1S/C14H19NO4S/c1-5-15-13(16)9(2)19-14(17)11-7-6-10(20-4)8-12(11)18-3/h6-9H,5H2,1-4H3,(H,15,16)/t9-/m1/s1. The first-order chi connectivity index (χ1) is 9.53. The van der Waals surface area contributed by atoms with Gasteiger partial charge in [-0.1, -0.05) is 0 Å². The van der Waals surface area contributed by atoms with Gasteiger partial charge in [-0.15, -0.1) is 11.8 Å². The van der Waals surface area contributed by atoms with E-state index < -0.39 is 12.1 Å². The lowest BCUT2D eigenvalue weighted by atomic mass is 10.2. The third-order valence-corrected chi connectivity index (χ3v) is 3.36. The fourth-order valence-electron chi connectivity index (χ4n) is 1.56. The van der Waals surface area contributed by atoms with E-state index in [1.807, 2.05) is 6.26 Å². The molecule has 0 saturated carbocycles. The van der Waals surface area contributed by atoms with E-state index >= 15 is 0 Å². The maximum Gasteiger partial charge on any atom is 0.342 e. The van der Waals surface area contributed by atoms with Crippen LogP contribution in [0.15, 0.2) is 23.1 Å². The van der Waals surface area contributed by atoms with Crippen molar-refractivity contribution in [2.75, 3.05) is 19.9 Å². The van der Waals surface area contributed by atoms with E-state index in [-0.39, 0.29) is 5.91 Å². The molecule has 0 aliphatic rings. The molecule has 0 radical (unpaired) electrons. The number of carbonyl (C=O) groups is 2. The number of nitrogens with one attached hydrogen (secondary N) is 1. The van der Waals surface area contributed by atoms with Crippen molar-refractivity contribution in [1.82, 2.24) is 5.32 Å². The Morgan fingerprint density at radius 3 is 2.65 bits per heavy atom. The third-order valence-electron chi connectivity index (χ3n) is 2.63. The highest BCUT2D eigenvalue weighted by atomic mass is 32.2. The van der Waals surface area contributed by atoms with Crippen molar-refractivity contribution in [2.24, 2.45) is 0 Å². The third kappa shape index (κ3) is 4.16. The van der Waals surface area contributed by atoms with Gasteiger partial charge in [-0.3, -0.25) is 4.79 Å². The molecular weight excluding hydrogens is 278 g/mol. The van der Waals surface area contributed by atoms with E-state index in [9.17, 15) is 9.59 Å². The summed E-state index contributed by atoms with van der Waals surface area (Å²) < 4.78 is 10.3. The van der Waals surface area contributed by atoms with Gasteiger partial charge in [0.15, 0.2) is 6.10 Å². The topological polar surface area (TPSA) is 64.6 Å². The number of hydrogen-bond acceptors (Lipinski definition) is 5. The van der Waals surface area contributed by atoms with Gasteiger partial charge in [-0.05, 0) is 38.3 Å². The number of esters is 1. The van der Waals surface area contributed by atoms with E-state index in [0.717, 1.165) is 4.90 Å². The Bertz CT molecular complexity index is 490. The minimum absolute atomic E-state index is 0.307. The van der Waals surface area contributed by atoms with Crippen molar-refractivity contribution in [2.45, 2.75) is 24.8 Å². The monoisotopic (exact) mass is 297 g/mol. The highest BCUT2D eigenvalue weighted by Gasteiger charge is 2.21. The van der Waals surface area contributed by atoms with Gasteiger partial charge in [0.1, 0.15) is 11.3 Å². The van der Waals surface area contributed by atoms with Crippen LogP contribution >= 0.6 is 11.8 Å². The number of ether oxygens (including phenoxy) is 2. The molecule has 0 aliphatic heterocycles. The zero-order valence-electron chi connectivity index (χ0n) is 12.1. The Hall–Kier alpha value is -1.69. The lowest BCUT2D eigenvalue weighted by Gasteiger charge is -2.14. The minimum Gasteiger partial charge on any atom is -0.496 e. The summed E-state index contributed by atoms with van der Waals surface area (Å²) in [5, 5.41) is 2.60. The summed E-state index contributed by atoms with van der Waals surface area (Å²) in [6.07, 6.45) is 1.09. The zero-order valence-corrected chi connectivity index (χ0v) is 12.9. The molecule has 0 spiro atoms. The van der Waals surface area contributed by atoms with Crippen molar-refractivity contribution in [3.8, 4) is 5.75 Å². The van der Waals surface area contributed by atoms with Crippen LogP contribution in [0.2, 0.25) is 0 Å². The highest BCUT2D eigenvalue weighted by Crippen LogP contribution is 2.26. The molecule has 0 heterocycles. The summed E-state index contributed by atoms with van der Waals surface area (Å²) in [6, 6.07) is 5.20. The van der Waals surface area contributed by atoms with Crippen LogP contribution < -0.4 is 10.1 Å². The van der Waals surface area contributed by atoms with Crippen molar-refractivity contribution in [3.63, 3.8) is 0 Å². The zero-order chi connectivity index (χ0) is 15.1. The Morgan fingerprint density at radius 1 is 1.40 bits per heavy atom. The van der Waals surface area contributed by atoms with Gasteiger partial charge >= 0.3 is 5.97 Å². The number of rotatable bonds is 6. The summed E-state index contributed by atoms with van der Waals surface area (Å²) in [4.78, 5) is 24.6. The minimum atomic E-state index is -0.840. The van der Waals surface area contributed by atoms with Crippen LogP contribution in [0.1, 0.15) is 24.2 Å². The molecule has 6 heteroatoms. The van der Waals surface area contributed by atoms with Gasteiger partial charge in [-0.2, -0.15) is 0 Å². The van der Waals surface area contributed by atoms with E-state index in [1.54, 1.807) is 36.9 Å².